The second-order valence-corrected chi connectivity index (χ2v) is 5.53. The monoisotopic (exact) mass is 290 g/mol. The highest BCUT2D eigenvalue weighted by Gasteiger charge is 2.26. The van der Waals surface area contributed by atoms with Gasteiger partial charge in [-0.15, -0.1) is 0 Å². The number of aliphatic hydroxyl groups is 1. The molecule has 0 heterocycles. The summed E-state index contributed by atoms with van der Waals surface area (Å²) in [5.41, 5.74) is -0.586. The van der Waals surface area contributed by atoms with E-state index in [2.05, 4.69) is 4.72 Å². The van der Waals surface area contributed by atoms with Crippen LogP contribution in [0.1, 0.15) is 6.92 Å². The minimum Gasteiger partial charge on any atom is -0.497 e. The molecule has 0 aliphatic carbocycles. The summed E-state index contributed by atoms with van der Waals surface area (Å²) in [5, 5.41) is 19.9. The molecule has 0 fully saturated rings. The first-order valence-corrected chi connectivity index (χ1v) is 6.76. The molecule has 0 unspecified atom stereocenters. The van der Waals surface area contributed by atoms with E-state index in [1.807, 2.05) is 0 Å². The first-order chi connectivity index (χ1) is 8.77. The van der Waals surface area contributed by atoms with Crippen LogP contribution in [0.15, 0.2) is 23.1 Å². The molecule has 1 aromatic rings. The summed E-state index contributed by atoms with van der Waals surface area (Å²) in [7, 11) is -2.74. The highest BCUT2D eigenvalue weighted by Crippen LogP contribution is 2.28. The molecule has 8 nitrogen and oxygen atoms in total. The molecule has 2 N–H and O–H groups in total. The van der Waals surface area contributed by atoms with Crippen molar-refractivity contribution in [1.29, 1.82) is 0 Å². The summed E-state index contributed by atoms with van der Waals surface area (Å²) in [4.78, 5) is 9.60. The number of nitrogens with zero attached hydrogens (tertiary/aromatic N) is 1. The lowest BCUT2D eigenvalue weighted by Crippen LogP contribution is -2.31. The van der Waals surface area contributed by atoms with E-state index in [0.717, 1.165) is 12.1 Å². The maximum atomic E-state index is 11.9. The molecule has 1 rings (SSSR count). The van der Waals surface area contributed by atoms with E-state index in [9.17, 15) is 18.5 Å². The standard InChI is InChI=1S/C10H14N2O6S/c1-7(13)6-11-19(16,17)10-4-3-8(18-2)5-9(10)12(14)15/h3-5,7,11,13H,6H2,1-2H3/t7-/m1/s1. The Kier molecular flexibility index (Phi) is 4.81. The fourth-order valence-electron chi connectivity index (χ4n) is 1.30. The van der Waals surface area contributed by atoms with E-state index in [1.165, 1.54) is 20.1 Å². The van der Waals surface area contributed by atoms with Crippen LogP contribution in [0.25, 0.3) is 0 Å². The summed E-state index contributed by atoms with van der Waals surface area (Å²) < 4.78 is 30.7. The molecule has 1 aromatic carbocycles. The molecule has 0 saturated carbocycles. The molecule has 0 aliphatic heterocycles. The number of nitro benzene ring substituents is 1. The number of methoxy groups -OCH3 is 1. The second kappa shape index (κ2) is 5.95. The molecule has 0 spiro atoms. The Morgan fingerprint density at radius 1 is 1.53 bits per heavy atom. The van der Waals surface area contributed by atoms with E-state index in [0.29, 0.717) is 0 Å². The van der Waals surface area contributed by atoms with Crippen molar-refractivity contribution in [3.8, 4) is 5.75 Å². The number of aliphatic hydroxyl groups excluding tert-OH is 1. The molecule has 0 aliphatic rings. The molecule has 106 valence electrons. The van der Waals surface area contributed by atoms with Crippen LogP contribution < -0.4 is 9.46 Å². The van der Waals surface area contributed by atoms with Gasteiger partial charge in [-0.25, -0.2) is 13.1 Å². The van der Waals surface area contributed by atoms with Gasteiger partial charge in [0.1, 0.15) is 5.75 Å². The number of benzene rings is 1. The second-order valence-electron chi connectivity index (χ2n) is 3.79. The molecule has 0 amide bonds. The third kappa shape index (κ3) is 3.88. The maximum Gasteiger partial charge on any atom is 0.293 e. The van der Waals surface area contributed by atoms with Gasteiger partial charge in [-0.3, -0.25) is 10.1 Å². The van der Waals surface area contributed by atoms with Crippen LogP contribution in [0.5, 0.6) is 5.75 Å². The van der Waals surface area contributed by atoms with Crippen molar-refractivity contribution in [3.05, 3.63) is 28.3 Å². The number of hydrogen-bond donors (Lipinski definition) is 2. The summed E-state index contributed by atoms with van der Waals surface area (Å²) in [6.45, 7) is 1.16. The van der Waals surface area contributed by atoms with Gasteiger partial charge in [0.15, 0.2) is 4.90 Å². The Hall–Kier alpha value is -1.71. The van der Waals surface area contributed by atoms with Gasteiger partial charge in [-0.05, 0) is 19.1 Å². The molecule has 0 aromatic heterocycles. The predicted molar refractivity (Wildman–Crippen MR) is 66.5 cm³/mol. The molecular formula is C10H14N2O6S. The van der Waals surface area contributed by atoms with Crippen LogP contribution in [0.3, 0.4) is 0 Å². The zero-order valence-electron chi connectivity index (χ0n) is 10.4. The van der Waals surface area contributed by atoms with Crippen molar-refractivity contribution in [2.45, 2.75) is 17.9 Å². The molecule has 0 radical (unpaired) electrons. The van der Waals surface area contributed by atoms with Crippen LogP contribution in [0.2, 0.25) is 0 Å². The predicted octanol–water partition coefficient (Wildman–Crippen LogP) is 0.263. The molecule has 1 atom stereocenters. The molecule has 0 bridgehead atoms. The zero-order valence-corrected chi connectivity index (χ0v) is 11.2. The van der Waals surface area contributed by atoms with Gasteiger partial charge in [-0.1, -0.05) is 0 Å². The average molecular weight is 290 g/mol. The first-order valence-electron chi connectivity index (χ1n) is 5.28. The summed E-state index contributed by atoms with van der Waals surface area (Å²) in [5.74, 6) is 0.182. The van der Waals surface area contributed by atoms with Crippen LogP contribution in [0.4, 0.5) is 5.69 Å². The van der Waals surface area contributed by atoms with Gasteiger partial charge < -0.3 is 9.84 Å². The average Bonchev–Trinajstić information content (AvgIpc) is 2.35. The largest absolute Gasteiger partial charge is 0.497 e. The van der Waals surface area contributed by atoms with Gasteiger partial charge in [0.25, 0.3) is 5.69 Å². The van der Waals surface area contributed by atoms with Crippen molar-refractivity contribution < 1.29 is 23.2 Å². The van der Waals surface area contributed by atoms with Crippen molar-refractivity contribution >= 4 is 15.7 Å². The van der Waals surface area contributed by atoms with Crippen molar-refractivity contribution in [1.82, 2.24) is 4.72 Å². The van der Waals surface area contributed by atoms with Crippen molar-refractivity contribution in [2.75, 3.05) is 13.7 Å². The summed E-state index contributed by atoms with van der Waals surface area (Å²) in [6.07, 6.45) is -0.896. The summed E-state index contributed by atoms with van der Waals surface area (Å²) >= 11 is 0. The quantitative estimate of drug-likeness (QED) is 0.573. The third-order valence-corrected chi connectivity index (χ3v) is 3.69. The SMILES string of the molecule is COc1ccc(S(=O)(=O)NC[C@@H](C)O)c([N+](=O)[O-])c1. The highest BCUT2D eigenvalue weighted by atomic mass is 32.2. The van der Waals surface area contributed by atoms with Crippen molar-refractivity contribution in [3.63, 3.8) is 0 Å². The first kappa shape index (κ1) is 15.3. The fraction of sp³-hybridized carbons (Fsp3) is 0.400. The Labute approximate surface area is 110 Å². The molecule has 19 heavy (non-hydrogen) atoms. The molecular weight excluding hydrogens is 276 g/mol. The lowest BCUT2D eigenvalue weighted by Gasteiger charge is -2.09. The van der Waals surface area contributed by atoms with Crippen molar-refractivity contribution in [2.24, 2.45) is 0 Å². The van der Waals surface area contributed by atoms with Crippen LogP contribution in [0, 0.1) is 10.1 Å². The van der Waals surface area contributed by atoms with Gasteiger partial charge in [-0.2, -0.15) is 0 Å². The lowest BCUT2D eigenvalue weighted by atomic mass is 10.3. The van der Waals surface area contributed by atoms with Gasteiger partial charge in [0.2, 0.25) is 10.0 Å². The van der Waals surface area contributed by atoms with E-state index in [4.69, 9.17) is 9.84 Å². The van der Waals surface area contributed by atoms with Crippen LogP contribution in [-0.2, 0) is 10.0 Å². The summed E-state index contributed by atoms with van der Waals surface area (Å²) in [6, 6.07) is 3.42. The zero-order chi connectivity index (χ0) is 14.6. The minimum atomic E-state index is -4.06. The Morgan fingerprint density at radius 2 is 2.16 bits per heavy atom. The maximum absolute atomic E-state index is 11.9. The highest BCUT2D eigenvalue weighted by molar-refractivity contribution is 7.89. The number of hydrogen-bond acceptors (Lipinski definition) is 6. The topological polar surface area (TPSA) is 119 Å². The Balaban J connectivity index is 3.22. The normalized spacial score (nSPS) is 13.0. The van der Waals surface area contributed by atoms with E-state index >= 15 is 0 Å². The smallest absolute Gasteiger partial charge is 0.293 e. The number of nitrogens with one attached hydrogen (secondary N) is 1. The van der Waals surface area contributed by atoms with E-state index in [-0.39, 0.29) is 12.3 Å². The number of rotatable bonds is 6. The van der Waals surface area contributed by atoms with E-state index in [1.54, 1.807) is 0 Å². The van der Waals surface area contributed by atoms with Crippen LogP contribution in [-0.4, -0.2) is 38.2 Å². The number of nitro groups is 1. The van der Waals surface area contributed by atoms with Crippen LogP contribution >= 0.6 is 0 Å². The van der Waals surface area contributed by atoms with Gasteiger partial charge >= 0.3 is 0 Å². The van der Waals surface area contributed by atoms with E-state index < -0.39 is 31.6 Å². The lowest BCUT2D eigenvalue weighted by molar-refractivity contribution is -0.387. The minimum absolute atomic E-state index is 0.182. The third-order valence-electron chi connectivity index (χ3n) is 2.22. The van der Waals surface area contributed by atoms with Gasteiger partial charge in [0, 0.05) is 6.54 Å². The Morgan fingerprint density at radius 3 is 2.63 bits per heavy atom. The number of ether oxygens (including phenoxy) is 1. The fourth-order valence-corrected chi connectivity index (χ4v) is 2.57. The molecule has 0 saturated heterocycles. The van der Waals surface area contributed by atoms with Gasteiger partial charge in [0.05, 0.1) is 24.2 Å². The molecule has 9 heteroatoms. The number of sulfonamides is 1. The Bertz CT molecular complexity index is 569.